The largest absolute Gasteiger partial charge is 0.382 e. The molecule has 0 spiro atoms. The molecule has 1 N–H and O–H groups in total. The van der Waals surface area contributed by atoms with E-state index in [0.29, 0.717) is 5.56 Å². The van der Waals surface area contributed by atoms with Crippen LogP contribution in [0, 0.1) is 12.7 Å². The van der Waals surface area contributed by atoms with E-state index < -0.39 is 0 Å². The molecule has 0 aliphatic carbocycles. The fraction of sp³-hybridized carbons (Fsp3) is 0.250. The van der Waals surface area contributed by atoms with Crippen molar-refractivity contribution in [2.24, 2.45) is 0 Å². The second-order valence-corrected chi connectivity index (χ2v) is 5.70. The maximum atomic E-state index is 13.5. The van der Waals surface area contributed by atoms with E-state index >= 15 is 0 Å². The molecule has 2 rings (SSSR count). The van der Waals surface area contributed by atoms with Crippen LogP contribution in [0.2, 0.25) is 0 Å². The SMILES string of the molecule is Cc1c(F)cccc1NC(C)Cc1ccc(Br)cc1. The number of hydrogen-bond donors (Lipinski definition) is 1. The Hall–Kier alpha value is -1.35. The Balaban J connectivity index is 2.03. The highest BCUT2D eigenvalue weighted by Crippen LogP contribution is 2.19. The molecule has 0 radical (unpaired) electrons. The van der Waals surface area contributed by atoms with Crippen LogP contribution < -0.4 is 5.32 Å². The van der Waals surface area contributed by atoms with Crippen LogP contribution in [-0.2, 0) is 6.42 Å². The summed E-state index contributed by atoms with van der Waals surface area (Å²) < 4.78 is 14.5. The van der Waals surface area contributed by atoms with Gasteiger partial charge in [-0.15, -0.1) is 0 Å². The third-order valence-electron chi connectivity index (χ3n) is 3.12. The van der Waals surface area contributed by atoms with Crippen molar-refractivity contribution in [1.82, 2.24) is 0 Å². The van der Waals surface area contributed by atoms with Gasteiger partial charge in [0.25, 0.3) is 0 Å². The third kappa shape index (κ3) is 3.80. The Bertz CT molecular complexity index is 551. The first-order valence-electron chi connectivity index (χ1n) is 6.32. The average Bonchev–Trinajstić information content (AvgIpc) is 2.38. The van der Waals surface area contributed by atoms with Crippen molar-refractivity contribution in [3.8, 4) is 0 Å². The fourth-order valence-corrected chi connectivity index (χ4v) is 2.32. The molecule has 1 unspecified atom stereocenters. The Morgan fingerprint density at radius 2 is 1.84 bits per heavy atom. The molecule has 19 heavy (non-hydrogen) atoms. The highest BCUT2D eigenvalue weighted by Gasteiger charge is 2.07. The Labute approximate surface area is 122 Å². The first-order valence-corrected chi connectivity index (χ1v) is 7.11. The van der Waals surface area contributed by atoms with Crippen molar-refractivity contribution in [1.29, 1.82) is 0 Å². The number of benzene rings is 2. The van der Waals surface area contributed by atoms with Crippen molar-refractivity contribution in [3.05, 3.63) is 63.9 Å². The van der Waals surface area contributed by atoms with Gasteiger partial charge in [-0.25, -0.2) is 4.39 Å². The summed E-state index contributed by atoms with van der Waals surface area (Å²) in [6.45, 7) is 3.90. The molecular weight excluding hydrogens is 305 g/mol. The predicted molar refractivity (Wildman–Crippen MR) is 82.1 cm³/mol. The molecular formula is C16H17BrFN. The number of rotatable bonds is 4. The highest BCUT2D eigenvalue weighted by atomic mass is 79.9. The van der Waals surface area contributed by atoms with Crippen LogP contribution in [0.4, 0.5) is 10.1 Å². The summed E-state index contributed by atoms with van der Waals surface area (Å²) in [7, 11) is 0. The molecule has 0 saturated heterocycles. The van der Waals surface area contributed by atoms with Gasteiger partial charge in [0.05, 0.1) is 0 Å². The van der Waals surface area contributed by atoms with E-state index in [0.717, 1.165) is 16.6 Å². The van der Waals surface area contributed by atoms with E-state index in [2.05, 4.69) is 40.3 Å². The molecule has 0 aliphatic rings. The first kappa shape index (κ1) is 14.1. The standard InChI is InChI=1S/C16H17BrFN/c1-11(10-13-6-8-14(17)9-7-13)19-16-5-3-4-15(18)12(16)2/h3-9,11,19H,10H2,1-2H3. The third-order valence-corrected chi connectivity index (χ3v) is 3.65. The Morgan fingerprint density at radius 1 is 1.16 bits per heavy atom. The van der Waals surface area contributed by atoms with Gasteiger partial charge in [-0.05, 0) is 50.1 Å². The zero-order valence-electron chi connectivity index (χ0n) is 11.1. The van der Waals surface area contributed by atoms with Gasteiger partial charge in [0, 0.05) is 21.8 Å². The van der Waals surface area contributed by atoms with Gasteiger partial charge in [-0.3, -0.25) is 0 Å². The van der Waals surface area contributed by atoms with Crippen molar-refractivity contribution in [2.45, 2.75) is 26.3 Å². The second kappa shape index (κ2) is 6.20. The fourth-order valence-electron chi connectivity index (χ4n) is 2.05. The van der Waals surface area contributed by atoms with Gasteiger partial charge in [0.2, 0.25) is 0 Å². The van der Waals surface area contributed by atoms with E-state index in [1.54, 1.807) is 13.0 Å². The van der Waals surface area contributed by atoms with E-state index in [-0.39, 0.29) is 11.9 Å². The summed E-state index contributed by atoms with van der Waals surface area (Å²) in [4.78, 5) is 0. The molecule has 0 amide bonds. The monoisotopic (exact) mass is 321 g/mol. The Morgan fingerprint density at radius 3 is 2.53 bits per heavy atom. The van der Waals surface area contributed by atoms with Gasteiger partial charge in [-0.1, -0.05) is 34.1 Å². The molecule has 2 aromatic carbocycles. The number of halogens is 2. The lowest BCUT2D eigenvalue weighted by molar-refractivity contribution is 0.618. The minimum absolute atomic E-state index is 0.166. The molecule has 0 heterocycles. The summed E-state index contributed by atoms with van der Waals surface area (Å²) in [5.41, 5.74) is 2.80. The maximum absolute atomic E-state index is 13.5. The molecule has 0 aliphatic heterocycles. The molecule has 1 nitrogen and oxygen atoms in total. The van der Waals surface area contributed by atoms with Crippen molar-refractivity contribution < 1.29 is 4.39 Å². The number of anilines is 1. The second-order valence-electron chi connectivity index (χ2n) is 4.79. The van der Waals surface area contributed by atoms with Crippen molar-refractivity contribution >= 4 is 21.6 Å². The maximum Gasteiger partial charge on any atom is 0.128 e. The topological polar surface area (TPSA) is 12.0 Å². The smallest absolute Gasteiger partial charge is 0.128 e. The number of hydrogen-bond acceptors (Lipinski definition) is 1. The summed E-state index contributed by atoms with van der Waals surface area (Å²) in [5.74, 6) is -0.166. The molecule has 0 bridgehead atoms. The average molecular weight is 322 g/mol. The molecule has 1 atom stereocenters. The predicted octanol–water partition coefficient (Wildman–Crippen LogP) is 4.94. The molecule has 0 fully saturated rings. The van der Waals surface area contributed by atoms with Crippen LogP contribution >= 0.6 is 15.9 Å². The van der Waals surface area contributed by atoms with Crippen molar-refractivity contribution in [2.75, 3.05) is 5.32 Å². The molecule has 2 aromatic rings. The summed E-state index contributed by atoms with van der Waals surface area (Å²) in [5, 5.41) is 3.36. The van der Waals surface area contributed by atoms with E-state index in [1.165, 1.54) is 11.6 Å². The summed E-state index contributed by atoms with van der Waals surface area (Å²) in [6.07, 6.45) is 0.906. The number of nitrogens with one attached hydrogen (secondary N) is 1. The summed E-state index contributed by atoms with van der Waals surface area (Å²) >= 11 is 3.43. The minimum Gasteiger partial charge on any atom is -0.382 e. The lowest BCUT2D eigenvalue weighted by Crippen LogP contribution is -2.18. The lowest BCUT2D eigenvalue weighted by atomic mass is 10.1. The van der Waals surface area contributed by atoms with Gasteiger partial charge >= 0.3 is 0 Å². The minimum atomic E-state index is -0.166. The Kier molecular flexibility index (Phi) is 4.59. The zero-order chi connectivity index (χ0) is 13.8. The van der Waals surface area contributed by atoms with Crippen LogP contribution in [0.25, 0.3) is 0 Å². The van der Waals surface area contributed by atoms with Crippen LogP contribution in [0.3, 0.4) is 0 Å². The van der Waals surface area contributed by atoms with E-state index in [9.17, 15) is 4.39 Å². The zero-order valence-corrected chi connectivity index (χ0v) is 12.7. The van der Waals surface area contributed by atoms with Crippen LogP contribution in [-0.4, -0.2) is 6.04 Å². The van der Waals surface area contributed by atoms with E-state index in [4.69, 9.17) is 0 Å². The van der Waals surface area contributed by atoms with E-state index in [1.807, 2.05) is 18.2 Å². The normalized spacial score (nSPS) is 12.2. The van der Waals surface area contributed by atoms with Gasteiger partial charge in [0.15, 0.2) is 0 Å². The molecule has 0 aromatic heterocycles. The first-order chi connectivity index (χ1) is 9.06. The van der Waals surface area contributed by atoms with Gasteiger partial charge in [0.1, 0.15) is 5.82 Å². The van der Waals surface area contributed by atoms with Crippen LogP contribution in [0.1, 0.15) is 18.1 Å². The van der Waals surface area contributed by atoms with Crippen molar-refractivity contribution in [3.63, 3.8) is 0 Å². The molecule has 0 saturated carbocycles. The summed E-state index contributed by atoms with van der Waals surface area (Å²) in [6, 6.07) is 13.7. The molecule has 100 valence electrons. The quantitative estimate of drug-likeness (QED) is 0.841. The highest BCUT2D eigenvalue weighted by molar-refractivity contribution is 9.10. The lowest BCUT2D eigenvalue weighted by Gasteiger charge is -2.17. The van der Waals surface area contributed by atoms with Crippen LogP contribution in [0.5, 0.6) is 0 Å². The van der Waals surface area contributed by atoms with Crippen LogP contribution in [0.15, 0.2) is 46.9 Å². The molecule has 3 heteroatoms. The van der Waals surface area contributed by atoms with Gasteiger partial charge in [-0.2, -0.15) is 0 Å². The van der Waals surface area contributed by atoms with Gasteiger partial charge < -0.3 is 5.32 Å².